The Morgan fingerprint density at radius 3 is 2.48 bits per heavy atom. The third-order valence-electron chi connectivity index (χ3n) is 4.29. The van der Waals surface area contributed by atoms with Gasteiger partial charge >= 0.3 is 6.18 Å². The van der Waals surface area contributed by atoms with Gasteiger partial charge in [-0.25, -0.2) is 4.98 Å². The number of hydrogen-bond acceptors (Lipinski definition) is 3. The first-order chi connectivity index (χ1) is 12.8. The van der Waals surface area contributed by atoms with Gasteiger partial charge in [0.2, 0.25) is 0 Å². The second-order valence-corrected chi connectivity index (χ2v) is 6.43. The van der Waals surface area contributed by atoms with Crippen molar-refractivity contribution in [3.05, 3.63) is 64.9 Å². The van der Waals surface area contributed by atoms with Crippen LogP contribution in [-0.2, 0) is 12.7 Å². The van der Waals surface area contributed by atoms with Crippen molar-refractivity contribution in [3.63, 3.8) is 0 Å². The van der Waals surface area contributed by atoms with Crippen LogP contribution in [0.5, 0.6) is 5.75 Å². The van der Waals surface area contributed by atoms with E-state index in [1.807, 2.05) is 24.3 Å². The first kappa shape index (κ1) is 17.6. The smallest absolute Gasteiger partial charge is 0.416 e. The highest BCUT2D eigenvalue weighted by Crippen LogP contribution is 2.34. The summed E-state index contributed by atoms with van der Waals surface area (Å²) >= 11 is 6.20. The van der Waals surface area contributed by atoms with Gasteiger partial charge in [0.25, 0.3) is 0 Å². The number of fused-ring (bicyclic) bond motifs is 3. The molecule has 0 aliphatic rings. The summed E-state index contributed by atoms with van der Waals surface area (Å²) < 4.78 is 46.0. The SMILES string of the molecule is COc1ccc(Cn2cc3c(n2)c(Cl)nc2ccc(C(F)(F)F)cc23)cc1. The largest absolute Gasteiger partial charge is 0.497 e. The van der Waals surface area contributed by atoms with E-state index in [0.29, 0.717) is 28.4 Å². The molecule has 27 heavy (non-hydrogen) atoms. The Hall–Kier alpha value is -2.80. The number of rotatable bonds is 3. The molecule has 4 nitrogen and oxygen atoms in total. The molecule has 0 fully saturated rings. The van der Waals surface area contributed by atoms with Crippen molar-refractivity contribution in [1.29, 1.82) is 0 Å². The van der Waals surface area contributed by atoms with Crippen LogP contribution in [0.15, 0.2) is 48.7 Å². The number of aromatic nitrogens is 3. The van der Waals surface area contributed by atoms with E-state index < -0.39 is 11.7 Å². The molecule has 4 rings (SSSR count). The van der Waals surface area contributed by atoms with Gasteiger partial charge in [0.1, 0.15) is 11.3 Å². The summed E-state index contributed by atoms with van der Waals surface area (Å²) in [4.78, 5) is 4.18. The van der Waals surface area contributed by atoms with E-state index in [1.54, 1.807) is 18.0 Å². The highest BCUT2D eigenvalue weighted by molar-refractivity contribution is 6.35. The number of methoxy groups -OCH3 is 1. The lowest BCUT2D eigenvalue weighted by molar-refractivity contribution is -0.137. The van der Waals surface area contributed by atoms with Gasteiger partial charge in [-0.1, -0.05) is 23.7 Å². The fourth-order valence-electron chi connectivity index (χ4n) is 2.95. The van der Waals surface area contributed by atoms with Gasteiger partial charge in [0.05, 0.1) is 24.7 Å². The fraction of sp³-hybridized carbons (Fsp3) is 0.158. The Labute approximate surface area is 157 Å². The molecule has 2 heterocycles. The number of alkyl halides is 3. The maximum absolute atomic E-state index is 13.1. The molecule has 0 saturated heterocycles. The zero-order valence-corrected chi connectivity index (χ0v) is 14.8. The summed E-state index contributed by atoms with van der Waals surface area (Å²) in [7, 11) is 1.59. The normalized spacial score (nSPS) is 12.0. The summed E-state index contributed by atoms with van der Waals surface area (Å²) in [6.45, 7) is 0.440. The third kappa shape index (κ3) is 3.30. The van der Waals surface area contributed by atoms with E-state index in [-0.39, 0.29) is 5.15 Å². The van der Waals surface area contributed by atoms with Crippen molar-refractivity contribution in [2.24, 2.45) is 0 Å². The molecule has 4 aromatic rings. The lowest BCUT2D eigenvalue weighted by Gasteiger charge is -2.08. The van der Waals surface area contributed by atoms with Gasteiger partial charge in [-0.15, -0.1) is 0 Å². The summed E-state index contributed by atoms with van der Waals surface area (Å²) in [5, 5.41) is 5.46. The van der Waals surface area contributed by atoms with E-state index in [9.17, 15) is 13.2 Å². The van der Waals surface area contributed by atoms with Crippen molar-refractivity contribution in [2.45, 2.75) is 12.7 Å². The van der Waals surface area contributed by atoms with E-state index in [1.165, 1.54) is 6.07 Å². The summed E-state index contributed by atoms with van der Waals surface area (Å²) in [5.41, 5.74) is 0.998. The van der Waals surface area contributed by atoms with Crippen LogP contribution in [0.1, 0.15) is 11.1 Å². The van der Waals surface area contributed by atoms with E-state index >= 15 is 0 Å². The molecule has 0 radical (unpaired) electrons. The third-order valence-corrected chi connectivity index (χ3v) is 4.56. The molecule has 0 atom stereocenters. The number of pyridine rings is 1. The molecular weight excluding hydrogens is 379 g/mol. The molecule has 0 spiro atoms. The fourth-order valence-corrected chi connectivity index (χ4v) is 3.18. The Balaban J connectivity index is 1.81. The monoisotopic (exact) mass is 391 g/mol. The predicted octanol–water partition coefficient (Wildman–Crippen LogP) is 5.31. The quantitative estimate of drug-likeness (QED) is 0.444. The molecule has 0 saturated carbocycles. The Morgan fingerprint density at radius 2 is 1.81 bits per heavy atom. The Morgan fingerprint density at radius 1 is 1.07 bits per heavy atom. The van der Waals surface area contributed by atoms with Crippen molar-refractivity contribution in [1.82, 2.24) is 14.8 Å². The number of benzene rings is 2. The predicted molar refractivity (Wildman–Crippen MR) is 97.1 cm³/mol. The van der Waals surface area contributed by atoms with Gasteiger partial charge in [0, 0.05) is 17.0 Å². The standard InChI is InChI=1S/C19H13ClF3N3O/c1-27-13-5-2-11(3-6-13)9-26-10-15-14-8-12(19(21,22)23)4-7-16(14)24-18(20)17(15)25-26/h2-8,10H,9H2,1H3. The van der Waals surface area contributed by atoms with Crippen LogP contribution >= 0.6 is 11.6 Å². The van der Waals surface area contributed by atoms with Gasteiger partial charge in [0.15, 0.2) is 5.15 Å². The summed E-state index contributed by atoms with van der Waals surface area (Å²) in [6.07, 6.45) is -2.74. The molecule has 0 aliphatic heterocycles. The van der Waals surface area contributed by atoms with Crippen LogP contribution in [0.25, 0.3) is 21.8 Å². The minimum atomic E-state index is -4.43. The highest BCUT2D eigenvalue weighted by atomic mass is 35.5. The van der Waals surface area contributed by atoms with Crippen LogP contribution in [0.2, 0.25) is 5.15 Å². The van der Waals surface area contributed by atoms with Crippen LogP contribution in [0.3, 0.4) is 0 Å². The molecular formula is C19H13ClF3N3O. The average Bonchev–Trinajstić information content (AvgIpc) is 3.06. The minimum absolute atomic E-state index is 0.158. The number of hydrogen-bond donors (Lipinski definition) is 0. The zero-order valence-electron chi connectivity index (χ0n) is 14.1. The van der Waals surface area contributed by atoms with Crippen LogP contribution < -0.4 is 4.74 Å². The number of ether oxygens (including phenoxy) is 1. The summed E-state index contributed by atoms with van der Waals surface area (Å²) in [6, 6.07) is 10.9. The topological polar surface area (TPSA) is 39.9 Å². The average molecular weight is 392 g/mol. The van der Waals surface area contributed by atoms with Gasteiger partial charge < -0.3 is 4.74 Å². The molecule has 2 aromatic carbocycles. The number of nitrogens with zero attached hydrogens (tertiary/aromatic N) is 3. The Bertz CT molecular complexity index is 1140. The first-order valence-corrected chi connectivity index (χ1v) is 8.39. The van der Waals surface area contributed by atoms with Crippen LogP contribution in [0, 0.1) is 0 Å². The maximum Gasteiger partial charge on any atom is 0.416 e. The first-order valence-electron chi connectivity index (χ1n) is 8.02. The molecule has 0 amide bonds. The molecule has 138 valence electrons. The molecule has 0 aliphatic carbocycles. The lowest BCUT2D eigenvalue weighted by Crippen LogP contribution is -2.04. The van der Waals surface area contributed by atoms with Gasteiger partial charge in [-0.05, 0) is 35.9 Å². The van der Waals surface area contributed by atoms with E-state index in [0.717, 1.165) is 23.4 Å². The van der Waals surface area contributed by atoms with Gasteiger partial charge in [-0.2, -0.15) is 18.3 Å². The van der Waals surface area contributed by atoms with Crippen LogP contribution in [0.4, 0.5) is 13.2 Å². The second-order valence-electron chi connectivity index (χ2n) is 6.07. The second kappa shape index (κ2) is 6.42. The number of halogens is 4. The van der Waals surface area contributed by atoms with Crippen molar-refractivity contribution in [2.75, 3.05) is 7.11 Å². The molecule has 8 heteroatoms. The molecule has 2 aromatic heterocycles. The molecule has 0 N–H and O–H groups in total. The summed E-state index contributed by atoms with van der Waals surface area (Å²) in [5.74, 6) is 0.738. The van der Waals surface area contributed by atoms with Gasteiger partial charge in [-0.3, -0.25) is 4.68 Å². The van der Waals surface area contributed by atoms with Crippen molar-refractivity contribution >= 4 is 33.4 Å². The maximum atomic E-state index is 13.1. The van der Waals surface area contributed by atoms with Crippen molar-refractivity contribution in [3.8, 4) is 5.75 Å². The molecule has 0 bridgehead atoms. The lowest BCUT2D eigenvalue weighted by atomic mass is 10.1. The van der Waals surface area contributed by atoms with E-state index in [4.69, 9.17) is 16.3 Å². The van der Waals surface area contributed by atoms with Crippen molar-refractivity contribution < 1.29 is 17.9 Å². The van der Waals surface area contributed by atoms with E-state index in [2.05, 4.69) is 10.1 Å². The zero-order chi connectivity index (χ0) is 19.2. The van der Waals surface area contributed by atoms with Crippen LogP contribution in [-0.4, -0.2) is 21.9 Å². The highest BCUT2D eigenvalue weighted by Gasteiger charge is 2.31. The molecule has 0 unspecified atom stereocenters. The Kier molecular flexibility index (Phi) is 4.19. The minimum Gasteiger partial charge on any atom is -0.497 e.